The summed E-state index contributed by atoms with van der Waals surface area (Å²) in [5.74, 6) is 5.40. The molecule has 4 aliphatic carbocycles. The maximum Gasteiger partial charge on any atom is -0.00445 e. The molecule has 0 N–H and O–H groups in total. The van der Waals surface area contributed by atoms with E-state index in [1.807, 2.05) is 0 Å². The lowest BCUT2D eigenvalue weighted by Gasteiger charge is -2.57. The zero-order chi connectivity index (χ0) is 20.8. The summed E-state index contributed by atoms with van der Waals surface area (Å²) in [6.07, 6.45) is 22.6. The highest BCUT2D eigenvalue weighted by atomic mass is 14.6. The number of hydrogen-bond acceptors (Lipinski definition) is 0. The van der Waals surface area contributed by atoms with Gasteiger partial charge in [0, 0.05) is 0 Å². The van der Waals surface area contributed by atoms with Gasteiger partial charge < -0.3 is 0 Å². The molecule has 0 saturated heterocycles. The Morgan fingerprint density at radius 3 is 2.62 bits per heavy atom. The first-order valence-corrected chi connectivity index (χ1v) is 12.8. The highest BCUT2D eigenvalue weighted by Crippen LogP contribution is 2.66. The zero-order valence-corrected chi connectivity index (χ0v) is 20.1. The van der Waals surface area contributed by atoms with E-state index in [1.54, 1.807) is 11.1 Å². The molecule has 2 fully saturated rings. The normalized spacial score (nSPS) is 42.9. The quantitative estimate of drug-likeness (QED) is 0.409. The van der Waals surface area contributed by atoms with Gasteiger partial charge in [0.1, 0.15) is 0 Å². The number of rotatable bonds is 5. The van der Waals surface area contributed by atoms with Crippen LogP contribution in [0.1, 0.15) is 99.3 Å². The van der Waals surface area contributed by atoms with Crippen molar-refractivity contribution in [3.05, 3.63) is 35.5 Å². The molecule has 162 valence electrons. The molecule has 0 aromatic rings. The minimum atomic E-state index is 0.473. The second kappa shape index (κ2) is 8.05. The monoisotopic (exact) mass is 394 g/mol. The lowest BCUT2D eigenvalue weighted by atomic mass is 9.47. The second-order valence-electron chi connectivity index (χ2n) is 11.9. The summed E-state index contributed by atoms with van der Waals surface area (Å²) in [7, 11) is 0. The van der Waals surface area contributed by atoms with Crippen molar-refractivity contribution in [2.75, 3.05) is 0 Å². The highest BCUT2D eigenvalue weighted by Gasteiger charge is 2.58. The van der Waals surface area contributed by atoms with Crippen molar-refractivity contribution in [3.63, 3.8) is 0 Å². The summed E-state index contributed by atoms with van der Waals surface area (Å²) in [6, 6.07) is 0. The third-order valence-corrected chi connectivity index (χ3v) is 10.4. The van der Waals surface area contributed by atoms with E-state index in [9.17, 15) is 0 Å². The van der Waals surface area contributed by atoms with E-state index >= 15 is 0 Å². The third-order valence-electron chi connectivity index (χ3n) is 10.4. The molecule has 4 aliphatic rings. The van der Waals surface area contributed by atoms with Gasteiger partial charge in [-0.25, -0.2) is 0 Å². The van der Waals surface area contributed by atoms with E-state index in [0.717, 1.165) is 29.6 Å². The molecule has 0 aromatic carbocycles. The van der Waals surface area contributed by atoms with Gasteiger partial charge in [0.15, 0.2) is 0 Å². The van der Waals surface area contributed by atoms with Crippen LogP contribution >= 0.6 is 0 Å². The molecule has 0 heterocycles. The summed E-state index contributed by atoms with van der Waals surface area (Å²) in [4.78, 5) is 0. The lowest BCUT2D eigenvalue weighted by Crippen LogP contribution is -2.49. The molecule has 29 heavy (non-hydrogen) atoms. The van der Waals surface area contributed by atoms with Crippen LogP contribution in [0.15, 0.2) is 35.5 Å². The maximum atomic E-state index is 2.71. The van der Waals surface area contributed by atoms with Crippen molar-refractivity contribution in [2.24, 2.45) is 46.3 Å². The Balaban J connectivity index is 1.49. The van der Waals surface area contributed by atoms with Gasteiger partial charge in [0.25, 0.3) is 0 Å². The van der Waals surface area contributed by atoms with Gasteiger partial charge in [-0.05, 0) is 117 Å². The van der Waals surface area contributed by atoms with E-state index < -0.39 is 0 Å². The maximum absolute atomic E-state index is 2.71. The Morgan fingerprint density at radius 2 is 1.90 bits per heavy atom. The molecule has 0 amide bonds. The largest absolute Gasteiger partial charge is 0.0882 e. The fraction of sp³-hybridized carbons (Fsp3) is 0.793. The Bertz CT molecular complexity index is 691. The second-order valence-corrected chi connectivity index (χ2v) is 11.9. The van der Waals surface area contributed by atoms with E-state index in [1.165, 1.54) is 57.8 Å². The average molecular weight is 395 g/mol. The number of allylic oxidation sites excluding steroid dienone is 6. The molecule has 0 aromatic heterocycles. The van der Waals surface area contributed by atoms with Crippen LogP contribution in [0.5, 0.6) is 0 Å². The summed E-state index contributed by atoms with van der Waals surface area (Å²) >= 11 is 0. The Hall–Kier alpha value is -0.780. The van der Waals surface area contributed by atoms with Crippen molar-refractivity contribution >= 4 is 0 Å². The van der Waals surface area contributed by atoms with Gasteiger partial charge in [-0.15, -0.1) is 0 Å². The van der Waals surface area contributed by atoms with Gasteiger partial charge in [0.2, 0.25) is 0 Å². The minimum Gasteiger partial charge on any atom is -0.0882 e. The zero-order valence-electron chi connectivity index (χ0n) is 20.1. The minimum absolute atomic E-state index is 0.473. The van der Waals surface area contributed by atoms with Crippen LogP contribution in [0.25, 0.3) is 0 Å². The van der Waals surface area contributed by atoms with Gasteiger partial charge in [-0.2, -0.15) is 0 Å². The van der Waals surface area contributed by atoms with Crippen molar-refractivity contribution in [1.82, 2.24) is 0 Å². The van der Waals surface area contributed by atoms with Crippen molar-refractivity contribution in [3.8, 4) is 0 Å². The molecule has 7 atom stereocenters. The van der Waals surface area contributed by atoms with Crippen molar-refractivity contribution in [2.45, 2.75) is 99.3 Å². The molecule has 4 rings (SSSR count). The molecule has 0 nitrogen and oxygen atoms in total. The summed E-state index contributed by atoms with van der Waals surface area (Å²) in [6.45, 7) is 14.9. The molecule has 0 spiro atoms. The molecular formula is C29H46. The first-order valence-electron chi connectivity index (χ1n) is 12.8. The SMILES string of the molecule is CC=C(CC[C@@H](C)[C@H]1CCC2C3CC=C4C=CCC[C@]4(C)C3CC[C@@]21C)C(C)C. The Labute approximate surface area is 181 Å². The van der Waals surface area contributed by atoms with Crippen LogP contribution in [-0.4, -0.2) is 0 Å². The van der Waals surface area contributed by atoms with Gasteiger partial charge in [0.05, 0.1) is 0 Å². The molecular weight excluding hydrogens is 348 g/mol. The Kier molecular flexibility index (Phi) is 5.95. The first kappa shape index (κ1) is 21.5. The summed E-state index contributed by atoms with van der Waals surface area (Å²) in [5.41, 5.74) is 4.43. The van der Waals surface area contributed by atoms with Crippen molar-refractivity contribution in [1.29, 1.82) is 0 Å². The molecule has 3 unspecified atom stereocenters. The van der Waals surface area contributed by atoms with Gasteiger partial charge >= 0.3 is 0 Å². The molecule has 2 saturated carbocycles. The summed E-state index contributed by atoms with van der Waals surface area (Å²) in [5, 5.41) is 0. The van der Waals surface area contributed by atoms with E-state index in [2.05, 4.69) is 65.8 Å². The van der Waals surface area contributed by atoms with Crippen LogP contribution in [-0.2, 0) is 0 Å². The average Bonchev–Trinajstić information content (AvgIpc) is 3.05. The van der Waals surface area contributed by atoms with E-state index in [4.69, 9.17) is 0 Å². The smallest absolute Gasteiger partial charge is 0.00445 e. The summed E-state index contributed by atoms with van der Waals surface area (Å²) < 4.78 is 0. The van der Waals surface area contributed by atoms with Crippen LogP contribution in [0.2, 0.25) is 0 Å². The number of hydrogen-bond donors (Lipinski definition) is 0. The standard InChI is InChI=1S/C29H46/c1-7-22(20(2)3)12-11-21(4)25-15-16-26-24-14-13-23-10-8-9-18-28(23,5)27(24)17-19-29(25,26)6/h7-8,10,13,20-21,24-27H,9,11-12,14-19H2,1-6H3/t21-,24?,25-,26?,27?,28+,29-/m1/s1. The third kappa shape index (κ3) is 3.51. The first-order chi connectivity index (χ1) is 13.8. The predicted molar refractivity (Wildman–Crippen MR) is 127 cm³/mol. The van der Waals surface area contributed by atoms with E-state index in [0.29, 0.717) is 16.7 Å². The van der Waals surface area contributed by atoms with Gasteiger partial charge in [-0.3, -0.25) is 0 Å². The Morgan fingerprint density at radius 1 is 1.10 bits per heavy atom. The number of fused-ring (bicyclic) bond motifs is 5. The van der Waals surface area contributed by atoms with Gasteiger partial charge in [-0.1, -0.05) is 64.5 Å². The molecule has 0 heteroatoms. The van der Waals surface area contributed by atoms with Crippen LogP contribution in [0.3, 0.4) is 0 Å². The van der Waals surface area contributed by atoms with E-state index in [-0.39, 0.29) is 0 Å². The fourth-order valence-electron chi connectivity index (χ4n) is 8.64. The van der Waals surface area contributed by atoms with Crippen LogP contribution in [0, 0.1) is 46.3 Å². The lowest BCUT2D eigenvalue weighted by molar-refractivity contribution is -0.0449. The fourth-order valence-corrected chi connectivity index (χ4v) is 8.64. The topological polar surface area (TPSA) is 0 Å². The molecule has 0 bridgehead atoms. The highest BCUT2D eigenvalue weighted by molar-refractivity contribution is 5.34. The van der Waals surface area contributed by atoms with Crippen molar-refractivity contribution < 1.29 is 0 Å². The molecule has 0 radical (unpaired) electrons. The molecule has 0 aliphatic heterocycles. The van der Waals surface area contributed by atoms with Crippen LogP contribution < -0.4 is 0 Å². The predicted octanol–water partition coefficient (Wildman–Crippen LogP) is 8.75. The van der Waals surface area contributed by atoms with Crippen LogP contribution in [0.4, 0.5) is 0 Å².